The lowest BCUT2D eigenvalue weighted by atomic mass is 10.0. The van der Waals surface area contributed by atoms with Crippen molar-refractivity contribution in [3.8, 4) is 17.2 Å². The molecule has 0 amide bonds. The first-order valence-electron chi connectivity index (χ1n) is 7.69. The fourth-order valence-corrected chi connectivity index (χ4v) is 3.72. The molecular formula is C21H15BrO2. The fraction of sp³-hybridized carbons (Fsp3) is 0.0476. The van der Waals surface area contributed by atoms with Crippen LogP contribution in [0.1, 0.15) is 0 Å². The Labute approximate surface area is 148 Å². The summed E-state index contributed by atoms with van der Waals surface area (Å²) >= 11 is 3.77. The Hall–Kier alpha value is -2.52. The minimum absolute atomic E-state index is 0.701. The standard InChI is InChI=1S/C21H15BrO2/c1-23-17-10-4-5-11-18(17)24-19-12-6-8-15-13-14-7-2-3-9-16(14)21(22)20(15)19/h2-13H,1H3. The van der Waals surface area contributed by atoms with Crippen molar-refractivity contribution >= 4 is 37.5 Å². The second-order valence-corrected chi connectivity index (χ2v) is 6.31. The van der Waals surface area contributed by atoms with Gasteiger partial charge in [0.15, 0.2) is 11.5 Å². The lowest BCUT2D eigenvalue weighted by Gasteiger charge is -2.14. The Morgan fingerprint density at radius 1 is 0.708 bits per heavy atom. The van der Waals surface area contributed by atoms with Crippen LogP contribution in [0, 0.1) is 0 Å². The smallest absolute Gasteiger partial charge is 0.169 e. The molecule has 4 aromatic carbocycles. The SMILES string of the molecule is COc1ccccc1Oc1cccc2cc3ccccc3c(Br)c12. The highest BCUT2D eigenvalue weighted by atomic mass is 79.9. The van der Waals surface area contributed by atoms with Crippen LogP contribution in [0.2, 0.25) is 0 Å². The minimum Gasteiger partial charge on any atom is -0.493 e. The Morgan fingerprint density at radius 3 is 2.21 bits per heavy atom. The quantitative estimate of drug-likeness (QED) is 0.376. The van der Waals surface area contributed by atoms with Crippen LogP contribution in [0.15, 0.2) is 77.3 Å². The van der Waals surface area contributed by atoms with Crippen molar-refractivity contribution in [2.24, 2.45) is 0 Å². The van der Waals surface area contributed by atoms with Gasteiger partial charge in [0.05, 0.1) is 7.11 Å². The molecule has 3 heteroatoms. The molecule has 0 aliphatic carbocycles. The Balaban J connectivity index is 1.94. The highest BCUT2D eigenvalue weighted by molar-refractivity contribution is 9.10. The van der Waals surface area contributed by atoms with E-state index in [1.165, 1.54) is 10.8 Å². The lowest BCUT2D eigenvalue weighted by molar-refractivity contribution is 0.380. The average molecular weight is 379 g/mol. The van der Waals surface area contributed by atoms with Crippen molar-refractivity contribution in [3.05, 3.63) is 77.3 Å². The summed E-state index contributed by atoms with van der Waals surface area (Å²) in [5.41, 5.74) is 0. The molecule has 2 nitrogen and oxygen atoms in total. The second kappa shape index (κ2) is 6.17. The fourth-order valence-electron chi connectivity index (χ4n) is 2.93. The van der Waals surface area contributed by atoms with Gasteiger partial charge < -0.3 is 9.47 Å². The lowest BCUT2D eigenvalue weighted by Crippen LogP contribution is -1.91. The highest BCUT2D eigenvalue weighted by Crippen LogP contribution is 2.41. The molecule has 0 fully saturated rings. The van der Waals surface area contributed by atoms with Crippen LogP contribution in [0.4, 0.5) is 0 Å². The van der Waals surface area contributed by atoms with Gasteiger partial charge in [0.2, 0.25) is 0 Å². The van der Waals surface area contributed by atoms with E-state index in [9.17, 15) is 0 Å². The van der Waals surface area contributed by atoms with E-state index in [4.69, 9.17) is 9.47 Å². The minimum atomic E-state index is 0.701. The van der Waals surface area contributed by atoms with Crippen molar-refractivity contribution in [2.45, 2.75) is 0 Å². The number of para-hydroxylation sites is 2. The molecule has 0 saturated carbocycles. The summed E-state index contributed by atoms with van der Waals surface area (Å²) in [7, 11) is 1.65. The van der Waals surface area contributed by atoms with Crippen LogP contribution in [0.25, 0.3) is 21.5 Å². The first-order chi connectivity index (χ1) is 11.8. The van der Waals surface area contributed by atoms with Gasteiger partial charge in [-0.15, -0.1) is 0 Å². The van der Waals surface area contributed by atoms with Crippen LogP contribution >= 0.6 is 15.9 Å². The molecule has 0 N–H and O–H groups in total. The zero-order chi connectivity index (χ0) is 16.5. The maximum atomic E-state index is 6.19. The summed E-state index contributed by atoms with van der Waals surface area (Å²) in [5.74, 6) is 2.22. The molecule has 0 radical (unpaired) electrons. The number of ether oxygens (including phenoxy) is 2. The van der Waals surface area contributed by atoms with Crippen molar-refractivity contribution in [1.82, 2.24) is 0 Å². The molecule has 0 bridgehead atoms. The third-order valence-corrected chi connectivity index (χ3v) is 4.90. The van der Waals surface area contributed by atoms with E-state index in [1.54, 1.807) is 7.11 Å². The van der Waals surface area contributed by atoms with E-state index in [2.05, 4.69) is 46.3 Å². The van der Waals surface area contributed by atoms with Gasteiger partial charge in [-0.3, -0.25) is 0 Å². The molecule has 24 heavy (non-hydrogen) atoms. The van der Waals surface area contributed by atoms with Gasteiger partial charge in [0, 0.05) is 9.86 Å². The van der Waals surface area contributed by atoms with E-state index >= 15 is 0 Å². The zero-order valence-corrected chi connectivity index (χ0v) is 14.7. The summed E-state index contributed by atoms with van der Waals surface area (Å²) in [6.45, 7) is 0. The van der Waals surface area contributed by atoms with Crippen molar-refractivity contribution in [1.29, 1.82) is 0 Å². The zero-order valence-electron chi connectivity index (χ0n) is 13.1. The molecule has 0 aliphatic heterocycles. The van der Waals surface area contributed by atoms with Gasteiger partial charge in [-0.25, -0.2) is 0 Å². The molecule has 4 aromatic rings. The largest absolute Gasteiger partial charge is 0.493 e. The van der Waals surface area contributed by atoms with Gasteiger partial charge in [0.1, 0.15) is 5.75 Å². The third kappa shape index (κ3) is 2.51. The molecule has 0 atom stereocenters. The molecule has 0 aromatic heterocycles. The molecule has 4 rings (SSSR count). The Bertz CT molecular complexity index is 1040. The number of rotatable bonds is 3. The summed E-state index contributed by atoms with van der Waals surface area (Å²) in [4.78, 5) is 0. The van der Waals surface area contributed by atoms with Gasteiger partial charge >= 0.3 is 0 Å². The number of hydrogen-bond donors (Lipinski definition) is 0. The van der Waals surface area contributed by atoms with E-state index in [0.717, 1.165) is 21.0 Å². The molecule has 0 aliphatic rings. The second-order valence-electron chi connectivity index (χ2n) is 5.52. The number of benzene rings is 4. The predicted molar refractivity (Wildman–Crippen MR) is 102 cm³/mol. The summed E-state index contributed by atoms with van der Waals surface area (Å²) in [5, 5.41) is 4.56. The van der Waals surface area contributed by atoms with E-state index < -0.39 is 0 Å². The molecule has 0 spiro atoms. The number of hydrogen-bond acceptors (Lipinski definition) is 2. The molecule has 0 saturated heterocycles. The van der Waals surface area contributed by atoms with Crippen LogP contribution in [-0.2, 0) is 0 Å². The van der Waals surface area contributed by atoms with Gasteiger partial charge in [-0.2, -0.15) is 0 Å². The third-order valence-electron chi connectivity index (χ3n) is 4.08. The number of halogens is 1. The van der Waals surface area contributed by atoms with Crippen molar-refractivity contribution in [2.75, 3.05) is 7.11 Å². The predicted octanol–water partition coefficient (Wildman–Crippen LogP) is 6.56. The molecular weight excluding hydrogens is 364 g/mol. The van der Waals surface area contributed by atoms with Crippen LogP contribution in [0.3, 0.4) is 0 Å². The summed E-state index contributed by atoms with van der Waals surface area (Å²) in [6.07, 6.45) is 0. The van der Waals surface area contributed by atoms with Crippen LogP contribution < -0.4 is 9.47 Å². The Kier molecular flexibility index (Phi) is 3.87. The Morgan fingerprint density at radius 2 is 1.38 bits per heavy atom. The first-order valence-corrected chi connectivity index (χ1v) is 8.48. The molecule has 0 heterocycles. The first kappa shape index (κ1) is 15.0. The highest BCUT2D eigenvalue weighted by Gasteiger charge is 2.12. The van der Waals surface area contributed by atoms with E-state index in [-0.39, 0.29) is 0 Å². The van der Waals surface area contributed by atoms with Crippen LogP contribution in [0.5, 0.6) is 17.2 Å². The normalized spacial score (nSPS) is 10.9. The van der Waals surface area contributed by atoms with E-state index in [0.29, 0.717) is 11.5 Å². The van der Waals surface area contributed by atoms with Crippen molar-refractivity contribution < 1.29 is 9.47 Å². The van der Waals surface area contributed by atoms with Crippen molar-refractivity contribution in [3.63, 3.8) is 0 Å². The maximum Gasteiger partial charge on any atom is 0.169 e. The van der Waals surface area contributed by atoms with Gasteiger partial charge in [-0.05, 0) is 56.4 Å². The van der Waals surface area contributed by atoms with Crippen LogP contribution in [-0.4, -0.2) is 7.11 Å². The summed E-state index contributed by atoms with van der Waals surface area (Å²) in [6, 6.07) is 24.3. The average Bonchev–Trinajstić information content (AvgIpc) is 2.62. The maximum absolute atomic E-state index is 6.19. The number of methoxy groups -OCH3 is 1. The van der Waals surface area contributed by atoms with E-state index in [1.807, 2.05) is 42.5 Å². The van der Waals surface area contributed by atoms with Gasteiger partial charge in [0.25, 0.3) is 0 Å². The molecule has 118 valence electrons. The summed E-state index contributed by atoms with van der Waals surface area (Å²) < 4.78 is 12.6. The van der Waals surface area contributed by atoms with Gasteiger partial charge in [-0.1, -0.05) is 48.5 Å². The monoisotopic (exact) mass is 378 g/mol. The topological polar surface area (TPSA) is 18.5 Å². The number of fused-ring (bicyclic) bond motifs is 2. The molecule has 0 unspecified atom stereocenters.